The average Bonchev–Trinajstić information content (AvgIpc) is 2.93. The number of fused-ring (bicyclic) bond motifs is 1. The standard InChI is InChI=1S/C18H19N5O2/c1-11-13(14-5-3-4-6-15(14)21-11)7-8-16(24)22-23-18(25)17-12(2)19-9-10-20-17/h3-6,9-10,21H,7-8H2,1-2H3,(H,22,24)(H,23,25). The molecule has 2 heterocycles. The molecule has 25 heavy (non-hydrogen) atoms. The van der Waals surface area contributed by atoms with E-state index in [1.807, 2.05) is 31.2 Å². The van der Waals surface area contributed by atoms with Crippen LogP contribution in [0, 0.1) is 13.8 Å². The topological polar surface area (TPSA) is 99.8 Å². The summed E-state index contributed by atoms with van der Waals surface area (Å²) in [6, 6.07) is 7.99. The normalized spacial score (nSPS) is 10.6. The van der Waals surface area contributed by atoms with Crippen molar-refractivity contribution in [1.82, 2.24) is 25.8 Å². The van der Waals surface area contributed by atoms with Gasteiger partial charge in [-0.2, -0.15) is 0 Å². The van der Waals surface area contributed by atoms with Gasteiger partial charge in [-0.3, -0.25) is 25.4 Å². The lowest BCUT2D eigenvalue weighted by molar-refractivity contribution is -0.121. The number of aromatic nitrogens is 3. The van der Waals surface area contributed by atoms with Crippen LogP contribution >= 0.6 is 0 Å². The lowest BCUT2D eigenvalue weighted by atomic mass is 10.1. The monoisotopic (exact) mass is 337 g/mol. The minimum Gasteiger partial charge on any atom is -0.358 e. The number of H-pyrrole nitrogens is 1. The number of rotatable bonds is 4. The Kier molecular flexibility index (Phi) is 4.74. The first-order chi connectivity index (χ1) is 12.1. The number of hydrazine groups is 1. The van der Waals surface area contributed by atoms with E-state index in [0.717, 1.165) is 22.2 Å². The van der Waals surface area contributed by atoms with Crippen LogP contribution in [0.15, 0.2) is 36.7 Å². The third kappa shape index (κ3) is 3.65. The van der Waals surface area contributed by atoms with Crippen LogP contribution in [0.1, 0.15) is 33.9 Å². The molecule has 7 heteroatoms. The molecule has 0 aliphatic carbocycles. The van der Waals surface area contributed by atoms with Crippen molar-refractivity contribution in [3.05, 3.63) is 59.3 Å². The van der Waals surface area contributed by atoms with Crippen molar-refractivity contribution in [2.75, 3.05) is 0 Å². The third-order valence-corrected chi connectivity index (χ3v) is 4.04. The van der Waals surface area contributed by atoms with Gasteiger partial charge in [-0.1, -0.05) is 18.2 Å². The van der Waals surface area contributed by atoms with Crippen molar-refractivity contribution in [2.24, 2.45) is 0 Å². The Balaban J connectivity index is 1.57. The van der Waals surface area contributed by atoms with Crippen LogP contribution in [0.3, 0.4) is 0 Å². The fourth-order valence-corrected chi connectivity index (χ4v) is 2.77. The Morgan fingerprint density at radius 2 is 1.84 bits per heavy atom. The Hall–Kier alpha value is -3.22. The summed E-state index contributed by atoms with van der Waals surface area (Å²) >= 11 is 0. The van der Waals surface area contributed by atoms with E-state index < -0.39 is 5.91 Å². The van der Waals surface area contributed by atoms with Crippen molar-refractivity contribution < 1.29 is 9.59 Å². The molecule has 1 aromatic carbocycles. The molecule has 0 atom stereocenters. The molecule has 0 spiro atoms. The van der Waals surface area contributed by atoms with Gasteiger partial charge in [-0.05, 0) is 31.9 Å². The third-order valence-electron chi connectivity index (χ3n) is 4.04. The number of aryl methyl sites for hydroxylation is 3. The summed E-state index contributed by atoms with van der Waals surface area (Å²) in [4.78, 5) is 35.3. The Morgan fingerprint density at radius 3 is 2.64 bits per heavy atom. The number of carbonyl (C=O) groups excluding carboxylic acids is 2. The first-order valence-electron chi connectivity index (χ1n) is 7.99. The maximum Gasteiger partial charge on any atom is 0.290 e. The maximum absolute atomic E-state index is 12.0. The Morgan fingerprint density at radius 1 is 1.08 bits per heavy atom. The van der Waals surface area contributed by atoms with E-state index in [0.29, 0.717) is 12.1 Å². The molecule has 3 rings (SSSR count). The maximum atomic E-state index is 12.0. The summed E-state index contributed by atoms with van der Waals surface area (Å²) in [7, 11) is 0. The second-order valence-electron chi connectivity index (χ2n) is 5.77. The molecule has 0 saturated heterocycles. The zero-order valence-corrected chi connectivity index (χ0v) is 14.1. The van der Waals surface area contributed by atoms with Crippen LogP contribution in [0.25, 0.3) is 10.9 Å². The molecule has 0 unspecified atom stereocenters. The van der Waals surface area contributed by atoms with Crippen LogP contribution in [-0.2, 0) is 11.2 Å². The van der Waals surface area contributed by atoms with Gasteiger partial charge < -0.3 is 4.98 Å². The minimum absolute atomic E-state index is 0.190. The predicted molar refractivity (Wildman–Crippen MR) is 93.7 cm³/mol. The number of benzene rings is 1. The highest BCUT2D eigenvalue weighted by Crippen LogP contribution is 2.22. The minimum atomic E-state index is -0.484. The largest absolute Gasteiger partial charge is 0.358 e. The van der Waals surface area contributed by atoms with Gasteiger partial charge >= 0.3 is 0 Å². The Bertz CT molecular complexity index is 932. The molecular weight excluding hydrogens is 318 g/mol. The summed E-state index contributed by atoms with van der Waals surface area (Å²) in [6.45, 7) is 3.68. The van der Waals surface area contributed by atoms with Crippen molar-refractivity contribution in [1.29, 1.82) is 0 Å². The second-order valence-corrected chi connectivity index (χ2v) is 5.77. The first kappa shape index (κ1) is 16.6. The van der Waals surface area contributed by atoms with E-state index in [-0.39, 0.29) is 18.0 Å². The zero-order valence-electron chi connectivity index (χ0n) is 14.1. The van der Waals surface area contributed by atoms with E-state index in [9.17, 15) is 9.59 Å². The summed E-state index contributed by atoms with van der Waals surface area (Å²) in [5.41, 5.74) is 8.71. The van der Waals surface area contributed by atoms with Gasteiger partial charge in [-0.25, -0.2) is 4.98 Å². The second kappa shape index (κ2) is 7.12. The number of nitrogens with one attached hydrogen (secondary N) is 3. The summed E-state index contributed by atoms with van der Waals surface area (Å²) in [5, 5.41) is 1.12. The highest BCUT2D eigenvalue weighted by molar-refractivity contribution is 5.94. The molecule has 3 aromatic rings. The molecule has 0 bridgehead atoms. The smallest absolute Gasteiger partial charge is 0.290 e. The van der Waals surface area contributed by atoms with Crippen molar-refractivity contribution >= 4 is 22.7 Å². The van der Waals surface area contributed by atoms with Gasteiger partial charge in [0.2, 0.25) is 5.91 Å². The SMILES string of the molecule is Cc1nccnc1C(=O)NNC(=O)CCc1c(C)[nH]c2ccccc12. The average molecular weight is 337 g/mol. The van der Waals surface area contributed by atoms with Gasteiger partial charge in [0.05, 0.1) is 5.69 Å². The number of carbonyl (C=O) groups is 2. The van der Waals surface area contributed by atoms with E-state index in [2.05, 4.69) is 25.8 Å². The fourth-order valence-electron chi connectivity index (χ4n) is 2.77. The lowest BCUT2D eigenvalue weighted by Gasteiger charge is -2.08. The number of nitrogens with zero attached hydrogens (tertiary/aromatic N) is 2. The van der Waals surface area contributed by atoms with Crippen molar-refractivity contribution in [3.8, 4) is 0 Å². The van der Waals surface area contributed by atoms with Gasteiger partial charge in [-0.15, -0.1) is 0 Å². The van der Waals surface area contributed by atoms with Crippen molar-refractivity contribution in [2.45, 2.75) is 26.7 Å². The molecule has 2 aromatic heterocycles. The van der Waals surface area contributed by atoms with Crippen LogP contribution in [0.2, 0.25) is 0 Å². The van der Waals surface area contributed by atoms with Gasteiger partial charge in [0.1, 0.15) is 0 Å². The fraction of sp³-hybridized carbons (Fsp3) is 0.222. The molecule has 2 amide bonds. The van der Waals surface area contributed by atoms with E-state index in [1.54, 1.807) is 6.92 Å². The van der Waals surface area contributed by atoms with Gasteiger partial charge in [0.15, 0.2) is 5.69 Å². The van der Waals surface area contributed by atoms with Crippen molar-refractivity contribution in [3.63, 3.8) is 0 Å². The molecule has 3 N–H and O–H groups in total. The summed E-state index contributed by atoms with van der Waals surface area (Å²) in [6.07, 6.45) is 3.79. The quantitative estimate of drug-likeness (QED) is 0.634. The van der Waals surface area contributed by atoms with Crippen LogP contribution in [0.4, 0.5) is 0 Å². The van der Waals surface area contributed by atoms with E-state index >= 15 is 0 Å². The number of amides is 2. The molecular formula is C18H19N5O2. The number of para-hydroxylation sites is 1. The highest BCUT2D eigenvalue weighted by Gasteiger charge is 2.13. The van der Waals surface area contributed by atoms with E-state index in [4.69, 9.17) is 0 Å². The molecule has 0 fully saturated rings. The van der Waals surface area contributed by atoms with E-state index in [1.165, 1.54) is 12.4 Å². The zero-order chi connectivity index (χ0) is 17.8. The molecule has 7 nitrogen and oxygen atoms in total. The molecule has 0 aliphatic rings. The van der Waals surface area contributed by atoms with Gasteiger partial charge in [0.25, 0.3) is 5.91 Å². The number of aromatic amines is 1. The number of hydrogen-bond donors (Lipinski definition) is 3. The number of hydrogen-bond acceptors (Lipinski definition) is 4. The summed E-state index contributed by atoms with van der Waals surface area (Å²) < 4.78 is 0. The summed E-state index contributed by atoms with van der Waals surface area (Å²) in [5.74, 6) is -0.748. The Labute approximate surface area is 144 Å². The molecule has 0 radical (unpaired) electrons. The molecule has 128 valence electrons. The molecule has 0 aliphatic heterocycles. The lowest BCUT2D eigenvalue weighted by Crippen LogP contribution is -2.42. The van der Waals surface area contributed by atoms with Crippen LogP contribution < -0.4 is 10.9 Å². The van der Waals surface area contributed by atoms with Crippen LogP contribution in [-0.4, -0.2) is 26.8 Å². The van der Waals surface area contributed by atoms with Crippen LogP contribution in [0.5, 0.6) is 0 Å². The molecule has 0 saturated carbocycles. The van der Waals surface area contributed by atoms with Gasteiger partial charge in [0, 0.05) is 35.4 Å². The highest BCUT2D eigenvalue weighted by atomic mass is 16.2. The first-order valence-corrected chi connectivity index (χ1v) is 7.99. The predicted octanol–water partition coefficient (Wildman–Crippen LogP) is 1.97.